The summed E-state index contributed by atoms with van der Waals surface area (Å²) in [6.45, 7) is 2.26. The Bertz CT molecular complexity index is 1230. The minimum absolute atomic E-state index is 0.0121. The number of carboxylic acids is 1. The summed E-state index contributed by atoms with van der Waals surface area (Å²) in [6, 6.07) is 20.8. The van der Waals surface area contributed by atoms with E-state index in [1.165, 1.54) is 23.3 Å². The number of carboxylic acid groups (broad SMARTS) is 1. The normalized spacial score (nSPS) is 12.9. The predicted octanol–water partition coefficient (Wildman–Crippen LogP) is 5.49. The van der Waals surface area contributed by atoms with Crippen molar-refractivity contribution in [1.29, 1.82) is 0 Å². The van der Waals surface area contributed by atoms with Crippen molar-refractivity contribution in [3.8, 4) is 11.1 Å². The number of halogens is 1. The highest BCUT2D eigenvalue weighted by Crippen LogP contribution is 2.44. The van der Waals surface area contributed by atoms with E-state index in [1.807, 2.05) is 46.9 Å². The quantitative estimate of drug-likeness (QED) is 0.304. The molecule has 3 aromatic carbocycles. The van der Waals surface area contributed by atoms with Gasteiger partial charge >= 0.3 is 12.1 Å². The molecule has 0 aromatic heterocycles. The molecule has 180 valence electrons. The minimum atomic E-state index is -1.06. The maximum absolute atomic E-state index is 12.5. The van der Waals surface area contributed by atoms with Crippen LogP contribution in [0.4, 0.5) is 10.5 Å². The van der Waals surface area contributed by atoms with Crippen molar-refractivity contribution < 1.29 is 24.2 Å². The van der Waals surface area contributed by atoms with Crippen LogP contribution in [-0.4, -0.2) is 36.2 Å². The lowest BCUT2D eigenvalue weighted by Crippen LogP contribution is -2.30. The molecule has 3 aromatic rings. The fourth-order valence-corrected chi connectivity index (χ4v) is 4.65. The Morgan fingerprint density at radius 1 is 1.00 bits per heavy atom. The summed E-state index contributed by atoms with van der Waals surface area (Å²) >= 11 is 2.04. The lowest BCUT2D eigenvalue weighted by molar-refractivity contribution is -0.119. The number of carbonyl (C=O) groups excluding carboxylic acids is 2. The summed E-state index contributed by atoms with van der Waals surface area (Å²) in [4.78, 5) is 36.1. The van der Waals surface area contributed by atoms with E-state index in [0.717, 1.165) is 14.7 Å². The molecule has 0 aliphatic heterocycles. The summed E-state index contributed by atoms with van der Waals surface area (Å²) in [5.41, 5.74) is 5.18. The zero-order valence-corrected chi connectivity index (χ0v) is 21.2. The molecular formula is C27H25IN2O5. The first-order valence-electron chi connectivity index (χ1n) is 11.3. The molecule has 0 saturated heterocycles. The number of benzene rings is 3. The van der Waals surface area contributed by atoms with Crippen LogP contribution < -0.4 is 10.6 Å². The molecule has 1 unspecified atom stereocenters. The van der Waals surface area contributed by atoms with Crippen LogP contribution in [0, 0.1) is 9.49 Å². The van der Waals surface area contributed by atoms with Gasteiger partial charge in [0.1, 0.15) is 6.61 Å². The summed E-state index contributed by atoms with van der Waals surface area (Å²) < 4.78 is 6.26. The standard InChI is InChI=1S/C27H25IN2O5/c1-16(25(31)30-24-14-17(26(32)33)10-11-23(24)28)12-13-29-27(34)35-15-22-20-8-4-2-6-18(20)19-7-3-5-9-21(19)22/h2-11,14,16,22H,12-13,15H2,1H3,(H,29,34)(H,30,31)(H,32,33). The number of amides is 2. The van der Waals surface area contributed by atoms with Gasteiger partial charge in [0.25, 0.3) is 0 Å². The smallest absolute Gasteiger partial charge is 0.407 e. The highest BCUT2D eigenvalue weighted by Gasteiger charge is 2.29. The number of anilines is 1. The van der Waals surface area contributed by atoms with Crippen LogP contribution in [0.15, 0.2) is 66.7 Å². The van der Waals surface area contributed by atoms with E-state index < -0.39 is 18.0 Å². The second-order valence-electron chi connectivity index (χ2n) is 8.43. The molecular weight excluding hydrogens is 559 g/mol. The number of hydrogen-bond donors (Lipinski definition) is 3. The van der Waals surface area contributed by atoms with Gasteiger partial charge in [-0.1, -0.05) is 55.5 Å². The Morgan fingerprint density at radius 2 is 1.63 bits per heavy atom. The fourth-order valence-electron chi connectivity index (χ4n) is 4.18. The molecule has 2 amide bonds. The lowest BCUT2D eigenvalue weighted by Gasteiger charge is -2.16. The van der Waals surface area contributed by atoms with Gasteiger partial charge < -0.3 is 20.5 Å². The zero-order valence-electron chi connectivity index (χ0n) is 19.1. The number of alkyl carbamates (subject to hydrolysis) is 1. The van der Waals surface area contributed by atoms with Crippen molar-refractivity contribution in [3.05, 3.63) is 87.0 Å². The third-order valence-electron chi connectivity index (χ3n) is 6.11. The lowest BCUT2D eigenvalue weighted by atomic mass is 9.98. The van der Waals surface area contributed by atoms with E-state index in [1.54, 1.807) is 13.0 Å². The van der Waals surface area contributed by atoms with Gasteiger partial charge in [0.15, 0.2) is 0 Å². The molecule has 3 N–H and O–H groups in total. The summed E-state index contributed by atoms with van der Waals surface area (Å²) in [6.07, 6.45) is -0.117. The first kappa shape index (κ1) is 24.7. The van der Waals surface area contributed by atoms with Crippen LogP contribution in [0.3, 0.4) is 0 Å². The number of aromatic carboxylic acids is 1. The van der Waals surface area contributed by atoms with Crippen LogP contribution in [0.25, 0.3) is 11.1 Å². The molecule has 0 radical (unpaired) electrons. The van der Waals surface area contributed by atoms with Crippen molar-refractivity contribution >= 4 is 46.2 Å². The first-order valence-corrected chi connectivity index (χ1v) is 12.4. The van der Waals surface area contributed by atoms with E-state index >= 15 is 0 Å². The molecule has 0 fully saturated rings. The number of ether oxygens (including phenoxy) is 1. The van der Waals surface area contributed by atoms with E-state index in [0.29, 0.717) is 12.1 Å². The maximum Gasteiger partial charge on any atom is 0.407 e. The maximum atomic E-state index is 12.5. The third-order valence-corrected chi connectivity index (χ3v) is 7.05. The molecule has 7 nitrogen and oxygen atoms in total. The monoisotopic (exact) mass is 584 g/mol. The van der Waals surface area contributed by atoms with Crippen molar-refractivity contribution in [2.24, 2.45) is 5.92 Å². The van der Waals surface area contributed by atoms with Gasteiger partial charge in [-0.2, -0.15) is 0 Å². The van der Waals surface area contributed by atoms with Crippen LogP contribution in [0.2, 0.25) is 0 Å². The average Bonchev–Trinajstić information content (AvgIpc) is 3.17. The molecule has 1 atom stereocenters. The van der Waals surface area contributed by atoms with Gasteiger partial charge in [-0.05, 0) is 69.5 Å². The van der Waals surface area contributed by atoms with Crippen LogP contribution in [-0.2, 0) is 9.53 Å². The number of rotatable bonds is 8. The zero-order chi connectivity index (χ0) is 24.9. The molecule has 0 spiro atoms. The summed E-state index contributed by atoms with van der Waals surface area (Å²) in [7, 11) is 0. The second-order valence-corrected chi connectivity index (χ2v) is 9.59. The Balaban J connectivity index is 1.26. The van der Waals surface area contributed by atoms with Crippen molar-refractivity contribution in [2.75, 3.05) is 18.5 Å². The van der Waals surface area contributed by atoms with Crippen LogP contribution >= 0.6 is 22.6 Å². The highest BCUT2D eigenvalue weighted by molar-refractivity contribution is 14.1. The van der Waals surface area contributed by atoms with Crippen LogP contribution in [0.5, 0.6) is 0 Å². The van der Waals surface area contributed by atoms with Crippen LogP contribution in [0.1, 0.15) is 40.7 Å². The number of fused-ring (bicyclic) bond motifs is 3. The molecule has 0 bridgehead atoms. The SMILES string of the molecule is CC(CCNC(=O)OCC1c2ccccc2-c2ccccc21)C(=O)Nc1cc(C(=O)O)ccc1I. The number of carbonyl (C=O) groups is 3. The Morgan fingerprint density at radius 3 is 2.26 bits per heavy atom. The molecule has 8 heteroatoms. The van der Waals surface area contributed by atoms with Gasteiger partial charge in [0, 0.05) is 22.0 Å². The van der Waals surface area contributed by atoms with Gasteiger partial charge in [0.2, 0.25) is 5.91 Å². The van der Waals surface area contributed by atoms with Gasteiger partial charge in [-0.3, -0.25) is 4.79 Å². The molecule has 35 heavy (non-hydrogen) atoms. The summed E-state index contributed by atoms with van der Waals surface area (Å²) in [5, 5.41) is 14.6. The number of nitrogens with one attached hydrogen (secondary N) is 2. The molecule has 4 rings (SSSR count). The highest BCUT2D eigenvalue weighted by atomic mass is 127. The molecule has 0 saturated carbocycles. The Hall–Kier alpha value is -3.40. The van der Waals surface area contributed by atoms with Crippen molar-refractivity contribution in [1.82, 2.24) is 5.32 Å². The van der Waals surface area contributed by atoms with E-state index in [-0.39, 0.29) is 30.5 Å². The largest absolute Gasteiger partial charge is 0.478 e. The van der Waals surface area contributed by atoms with E-state index in [2.05, 4.69) is 34.9 Å². The average molecular weight is 584 g/mol. The first-order chi connectivity index (χ1) is 16.8. The topological polar surface area (TPSA) is 105 Å². The van der Waals surface area contributed by atoms with E-state index in [9.17, 15) is 14.4 Å². The fraction of sp³-hybridized carbons (Fsp3) is 0.222. The second kappa shape index (κ2) is 10.9. The van der Waals surface area contributed by atoms with E-state index in [4.69, 9.17) is 9.84 Å². The molecule has 1 aliphatic carbocycles. The van der Waals surface area contributed by atoms with Crippen molar-refractivity contribution in [2.45, 2.75) is 19.3 Å². The van der Waals surface area contributed by atoms with Gasteiger partial charge in [0.05, 0.1) is 11.3 Å². The predicted molar refractivity (Wildman–Crippen MR) is 142 cm³/mol. The molecule has 1 aliphatic rings. The molecule has 0 heterocycles. The van der Waals surface area contributed by atoms with Crippen molar-refractivity contribution in [3.63, 3.8) is 0 Å². The third kappa shape index (κ3) is 5.64. The minimum Gasteiger partial charge on any atom is -0.478 e. The number of hydrogen-bond acceptors (Lipinski definition) is 4. The Kier molecular flexibility index (Phi) is 7.70. The van der Waals surface area contributed by atoms with Gasteiger partial charge in [-0.15, -0.1) is 0 Å². The Labute approximate surface area is 217 Å². The summed E-state index contributed by atoms with van der Waals surface area (Å²) in [5.74, 6) is -1.72. The van der Waals surface area contributed by atoms with Gasteiger partial charge in [-0.25, -0.2) is 9.59 Å².